The summed E-state index contributed by atoms with van der Waals surface area (Å²) in [6.07, 6.45) is 0.635. The van der Waals surface area contributed by atoms with Gasteiger partial charge in [0.1, 0.15) is 0 Å². The molecule has 0 aromatic heterocycles. The molecule has 0 saturated carbocycles. The van der Waals surface area contributed by atoms with E-state index in [4.69, 9.17) is 0 Å². The van der Waals surface area contributed by atoms with Crippen LogP contribution < -0.4 is 5.32 Å². The second-order valence-corrected chi connectivity index (χ2v) is 6.31. The quantitative estimate of drug-likeness (QED) is 0.877. The lowest BCUT2D eigenvalue weighted by Crippen LogP contribution is -2.40. The molecule has 1 aromatic rings. The molecule has 0 bridgehead atoms. The second kappa shape index (κ2) is 5.51. The number of carbonyl (C=O) groups excluding carboxylic acids is 1. The summed E-state index contributed by atoms with van der Waals surface area (Å²) in [4.78, 5) is 13.7. The van der Waals surface area contributed by atoms with Crippen molar-refractivity contribution < 1.29 is 9.90 Å². The van der Waals surface area contributed by atoms with Crippen molar-refractivity contribution in [3.8, 4) is 0 Å². The fraction of sp³-hybridized carbons (Fsp3) is 0.500. The standard InChI is InChI=1S/C14H19BrN2O2/c1-10-3-4-12(15)7-11(10)8-16-13(18)17-6-5-14(2,19)9-17/h3-4,7,19H,5-6,8-9H2,1-2H3,(H,16,18)/t14-/m1/s1. The lowest BCUT2D eigenvalue weighted by atomic mass is 10.1. The van der Waals surface area contributed by atoms with Gasteiger partial charge >= 0.3 is 6.03 Å². The van der Waals surface area contributed by atoms with Crippen molar-refractivity contribution in [1.29, 1.82) is 0 Å². The van der Waals surface area contributed by atoms with Crippen LogP contribution in [0.3, 0.4) is 0 Å². The summed E-state index contributed by atoms with van der Waals surface area (Å²) in [5, 5.41) is 12.8. The van der Waals surface area contributed by atoms with Crippen LogP contribution in [0.4, 0.5) is 4.79 Å². The Balaban J connectivity index is 1.92. The monoisotopic (exact) mass is 326 g/mol. The third kappa shape index (κ3) is 3.70. The van der Waals surface area contributed by atoms with Gasteiger partial charge in [0, 0.05) is 17.6 Å². The van der Waals surface area contributed by atoms with E-state index in [2.05, 4.69) is 21.2 Å². The van der Waals surface area contributed by atoms with Gasteiger partial charge in [-0.3, -0.25) is 0 Å². The van der Waals surface area contributed by atoms with E-state index in [9.17, 15) is 9.90 Å². The highest BCUT2D eigenvalue weighted by Crippen LogP contribution is 2.20. The summed E-state index contributed by atoms with van der Waals surface area (Å²) in [5.41, 5.74) is 1.49. The fourth-order valence-corrected chi connectivity index (χ4v) is 2.64. The van der Waals surface area contributed by atoms with Crippen molar-refractivity contribution >= 4 is 22.0 Å². The van der Waals surface area contributed by atoms with Gasteiger partial charge in [-0.2, -0.15) is 0 Å². The lowest BCUT2D eigenvalue weighted by molar-refractivity contribution is 0.0719. The Morgan fingerprint density at radius 3 is 2.95 bits per heavy atom. The molecule has 1 saturated heterocycles. The van der Waals surface area contributed by atoms with Crippen LogP contribution >= 0.6 is 15.9 Å². The topological polar surface area (TPSA) is 52.6 Å². The molecule has 2 N–H and O–H groups in total. The zero-order valence-electron chi connectivity index (χ0n) is 11.2. The molecule has 2 rings (SSSR count). The van der Waals surface area contributed by atoms with Crippen molar-refractivity contribution in [3.63, 3.8) is 0 Å². The zero-order chi connectivity index (χ0) is 14.0. The molecule has 1 atom stereocenters. The molecule has 1 heterocycles. The number of nitrogens with zero attached hydrogens (tertiary/aromatic N) is 1. The number of aliphatic hydroxyl groups is 1. The first-order valence-electron chi connectivity index (χ1n) is 6.38. The maximum absolute atomic E-state index is 12.0. The highest BCUT2D eigenvalue weighted by molar-refractivity contribution is 9.10. The Bertz CT molecular complexity index is 488. The number of β-amino-alcohol motifs (C(OH)–C–C–N with tert-alkyl or cyclic N) is 1. The number of hydrogen-bond acceptors (Lipinski definition) is 2. The largest absolute Gasteiger partial charge is 0.388 e. The van der Waals surface area contributed by atoms with Crippen molar-refractivity contribution in [2.45, 2.75) is 32.4 Å². The summed E-state index contributed by atoms with van der Waals surface area (Å²) >= 11 is 3.43. The van der Waals surface area contributed by atoms with Crippen LogP contribution in [0, 0.1) is 6.92 Å². The summed E-state index contributed by atoms with van der Waals surface area (Å²) in [5.74, 6) is 0. The molecule has 19 heavy (non-hydrogen) atoms. The number of amides is 2. The number of halogens is 1. The highest BCUT2D eigenvalue weighted by Gasteiger charge is 2.33. The van der Waals surface area contributed by atoms with E-state index >= 15 is 0 Å². The Morgan fingerprint density at radius 1 is 1.58 bits per heavy atom. The third-order valence-corrected chi connectivity index (χ3v) is 3.97. The van der Waals surface area contributed by atoms with Gasteiger partial charge in [0.05, 0.1) is 12.1 Å². The summed E-state index contributed by atoms with van der Waals surface area (Å²) < 4.78 is 1.01. The van der Waals surface area contributed by atoms with E-state index in [1.54, 1.807) is 11.8 Å². The molecule has 0 unspecified atom stereocenters. The third-order valence-electron chi connectivity index (χ3n) is 3.48. The van der Waals surface area contributed by atoms with Crippen LogP contribution in [0.1, 0.15) is 24.5 Å². The van der Waals surface area contributed by atoms with Gasteiger partial charge in [-0.15, -0.1) is 0 Å². The number of urea groups is 1. The Morgan fingerprint density at radius 2 is 2.32 bits per heavy atom. The molecule has 0 aliphatic carbocycles. The zero-order valence-corrected chi connectivity index (χ0v) is 12.8. The van der Waals surface area contributed by atoms with Crippen molar-refractivity contribution in [2.24, 2.45) is 0 Å². The van der Waals surface area contributed by atoms with Gasteiger partial charge in [-0.25, -0.2) is 4.79 Å². The minimum atomic E-state index is -0.747. The van der Waals surface area contributed by atoms with Gasteiger partial charge in [-0.1, -0.05) is 22.0 Å². The number of benzene rings is 1. The minimum absolute atomic E-state index is 0.114. The van der Waals surface area contributed by atoms with E-state index in [1.165, 1.54) is 0 Å². The van der Waals surface area contributed by atoms with E-state index in [1.807, 2.05) is 25.1 Å². The maximum atomic E-state index is 12.0. The molecule has 1 aliphatic rings. The molecular weight excluding hydrogens is 308 g/mol. The molecule has 1 fully saturated rings. The van der Waals surface area contributed by atoms with Crippen molar-refractivity contribution in [3.05, 3.63) is 33.8 Å². The number of nitrogens with one attached hydrogen (secondary N) is 1. The summed E-state index contributed by atoms with van der Waals surface area (Å²) in [6.45, 7) is 5.29. The van der Waals surface area contributed by atoms with E-state index in [0.717, 1.165) is 15.6 Å². The Hall–Kier alpha value is -1.07. The van der Waals surface area contributed by atoms with E-state index < -0.39 is 5.60 Å². The number of rotatable bonds is 2. The highest BCUT2D eigenvalue weighted by atomic mass is 79.9. The van der Waals surface area contributed by atoms with Crippen molar-refractivity contribution in [1.82, 2.24) is 10.2 Å². The van der Waals surface area contributed by atoms with E-state index in [0.29, 0.717) is 26.1 Å². The van der Waals surface area contributed by atoms with Gasteiger partial charge < -0.3 is 15.3 Å². The number of hydrogen-bond donors (Lipinski definition) is 2. The molecule has 5 heteroatoms. The van der Waals surface area contributed by atoms with Gasteiger partial charge in [-0.05, 0) is 43.5 Å². The molecule has 0 radical (unpaired) electrons. The first-order chi connectivity index (χ1) is 8.87. The predicted octanol–water partition coefficient (Wildman–Crippen LogP) is 2.42. The molecule has 0 spiro atoms. The second-order valence-electron chi connectivity index (χ2n) is 5.40. The average Bonchev–Trinajstić information content (AvgIpc) is 2.70. The molecule has 1 aliphatic heterocycles. The van der Waals surface area contributed by atoms with Gasteiger partial charge in [0.2, 0.25) is 0 Å². The molecular formula is C14H19BrN2O2. The van der Waals surface area contributed by atoms with Crippen LogP contribution in [0.25, 0.3) is 0 Å². The molecule has 104 valence electrons. The molecule has 2 amide bonds. The van der Waals surface area contributed by atoms with Crippen LogP contribution in [-0.4, -0.2) is 34.7 Å². The molecule has 4 nitrogen and oxygen atoms in total. The van der Waals surface area contributed by atoms with Crippen LogP contribution in [-0.2, 0) is 6.54 Å². The number of likely N-dealkylation sites (tertiary alicyclic amines) is 1. The Kier molecular flexibility index (Phi) is 4.16. The van der Waals surface area contributed by atoms with Gasteiger partial charge in [0.25, 0.3) is 0 Å². The van der Waals surface area contributed by atoms with Crippen molar-refractivity contribution in [2.75, 3.05) is 13.1 Å². The Labute approximate surface area is 121 Å². The predicted molar refractivity (Wildman–Crippen MR) is 77.9 cm³/mol. The first-order valence-corrected chi connectivity index (χ1v) is 7.17. The number of carbonyl (C=O) groups is 1. The van der Waals surface area contributed by atoms with E-state index in [-0.39, 0.29) is 6.03 Å². The van der Waals surface area contributed by atoms with Crippen LogP contribution in [0.2, 0.25) is 0 Å². The summed E-state index contributed by atoms with van der Waals surface area (Å²) in [6, 6.07) is 5.90. The summed E-state index contributed by atoms with van der Waals surface area (Å²) in [7, 11) is 0. The molecule has 1 aromatic carbocycles. The average molecular weight is 327 g/mol. The minimum Gasteiger partial charge on any atom is -0.388 e. The maximum Gasteiger partial charge on any atom is 0.317 e. The van der Waals surface area contributed by atoms with Gasteiger partial charge in [0.15, 0.2) is 0 Å². The number of aryl methyl sites for hydroxylation is 1. The first kappa shape index (κ1) is 14.3. The van der Waals surface area contributed by atoms with Crippen LogP contribution in [0.15, 0.2) is 22.7 Å². The van der Waals surface area contributed by atoms with Crippen LogP contribution in [0.5, 0.6) is 0 Å². The normalized spacial score (nSPS) is 22.6. The SMILES string of the molecule is Cc1ccc(Br)cc1CNC(=O)N1CC[C@@](C)(O)C1. The lowest BCUT2D eigenvalue weighted by Gasteiger charge is -2.19. The smallest absolute Gasteiger partial charge is 0.317 e. The fourth-order valence-electron chi connectivity index (χ4n) is 2.23.